The lowest BCUT2D eigenvalue weighted by atomic mass is 10.1. The van der Waals surface area contributed by atoms with Gasteiger partial charge in [-0.25, -0.2) is 0 Å². The lowest BCUT2D eigenvalue weighted by Gasteiger charge is -2.19. The maximum absolute atomic E-state index is 12.4. The summed E-state index contributed by atoms with van der Waals surface area (Å²) in [4.78, 5) is 24.8. The van der Waals surface area contributed by atoms with Crippen LogP contribution in [-0.2, 0) is 4.79 Å². The normalized spacial score (nSPS) is 13.8. The third-order valence-electron chi connectivity index (χ3n) is 3.73. The van der Waals surface area contributed by atoms with E-state index in [-0.39, 0.29) is 16.9 Å². The van der Waals surface area contributed by atoms with Crippen molar-refractivity contribution in [2.45, 2.75) is 24.0 Å². The average Bonchev–Trinajstić information content (AvgIpc) is 2.61. The minimum atomic E-state index is -0.302. The number of ether oxygens (including phenoxy) is 2. The zero-order valence-electron chi connectivity index (χ0n) is 14.1. The van der Waals surface area contributed by atoms with Crippen LogP contribution in [0.25, 0.3) is 0 Å². The van der Waals surface area contributed by atoms with Crippen molar-refractivity contribution in [3.63, 3.8) is 0 Å². The quantitative estimate of drug-likeness (QED) is 0.652. The molecule has 0 radical (unpaired) electrons. The average molecular weight is 357 g/mol. The Morgan fingerprint density at radius 3 is 2.60 bits per heavy atom. The van der Waals surface area contributed by atoms with Gasteiger partial charge in [0.1, 0.15) is 13.2 Å². The van der Waals surface area contributed by atoms with Gasteiger partial charge < -0.3 is 14.8 Å². The highest BCUT2D eigenvalue weighted by Gasteiger charge is 2.17. The maximum atomic E-state index is 12.4. The molecule has 0 unspecified atom stereocenters. The van der Waals surface area contributed by atoms with E-state index in [0.29, 0.717) is 30.2 Å². The predicted molar refractivity (Wildman–Crippen MR) is 97.8 cm³/mol. The molecular weight excluding hydrogens is 338 g/mol. The number of rotatable bonds is 5. The second-order valence-electron chi connectivity index (χ2n) is 5.69. The summed E-state index contributed by atoms with van der Waals surface area (Å²) in [6.45, 7) is 4.42. The summed E-state index contributed by atoms with van der Waals surface area (Å²) < 4.78 is 11.1. The lowest BCUT2D eigenvalue weighted by molar-refractivity contribution is -0.115. The lowest BCUT2D eigenvalue weighted by Crippen LogP contribution is -2.22. The molecule has 0 bridgehead atoms. The largest absolute Gasteiger partial charge is 0.486 e. The van der Waals surface area contributed by atoms with Gasteiger partial charge in [0.25, 0.3) is 0 Å². The molecule has 0 saturated heterocycles. The summed E-state index contributed by atoms with van der Waals surface area (Å²) in [5.74, 6) is 1.28. The molecule has 3 rings (SSSR count). The van der Waals surface area contributed by atoms with Crippen molar-refractivity contribution >= 4 is 29.1 Å². The van der Waals surface area contributed by atoms with E-state index in [1.54, 1.807) is 24.3 Å². The van der Waals surface area contributed by atoms with Gasteiger partial charge >= 0.3 is 0 Å². The number of carbonyl (C=O) groups is 2. The summed E-state index contributed by atoms with van der Waals surface area (Å²) in [5.41, 5.74) is 1.19. The van der Waals surface area contributed by atoms with Gasteiger partial charge in [0.15, 0.2) is 17.3 Å². The van der Waals surface area contributed by atoms with Gasteiger partial charge in [-0.2, -0.15) is 0 Å². The van der Waals surface area contributed by atoms with Gasteiger partial charge in [0.05, 0.1) is 5.25 Å². The topological polar surface area (TPSA) is 64.6 Å². The van der Waals surface area contributed by atoms with Crippen molar-refractivity contribution in [3.05, 3.63) is 48.0 Å². The van der Waals surface area contributed by atoms with Crippen molar-refractivity contribution in [1.29, 1.82) is 0 Å². The Morgan fingerprint density at radius 1 is 1.08 bits per heavy atom. The van der Waals surface area contributed by atoms with Crippen LogP contribution in [0, 0.1) is 0 Å². The van der Waals surface area contributed by atoms with E-state index in [1.165, 1.54) is 18.7 Å². The van der Waals surface area contributed by atoms with Crippen LogP contribution >= 0.6 is 11.8 Å². The Balaban J connectivity index is 1.64. The van der Waals surface area contributed by atoms with Gasteiger partial charge in [-0.05, 0) is 44.2 Å². The number of anilines is 1. The number of fused-ring (bicyclic) bond motifs is 1. The van der Waals surface area contributed by atoms with Crippen LogP contribution in [0.2, 0.25) is 0 Å². The number of nitrogens with one attached hydrogen (secondary N) is 1. The number of hydrogen-bond acceptors (Lipinski definition) is 5. The van der Waals surface area contributed by atoms with Crippen LogP contribution < -0.4 is 14.8 Å². The van der Waals surface area contributed by atoms with E-state index in [2.05, 4.69) is 5.32 Å². The summed E-state index contributed by atoms with van der Waals surface area (Å²) in [5, 5.41) is 2.55. The number of Topliss-reactive ketones (excluding diaryl/α,β-unsaturated/α-hetero) is 1. The molecule has 1 aliphatic heterocycles. The Kier molecular flexibility index (Phi) is 5.28. The van der Waals surface area contributed by atoms with Gasteiger partial charge in [-0.3, -0.25) is 9.59 Å². The van der Waals surface area contributed by atoms with E-state index in [4.69, 9.17) is 9.47 Å². The van der Waals surface area contributed by atoms with Crippen molar-refractivity contribution in [2.24, 2.45) is 0 Å². The number of amides is 1. The zero-order valence-corrected chi connectivity index (χ0v) is 14.9. The SMILES string of the molecule is CC(=O)c1cccc(NC(=O)[C@H](C)Sc2ccc3c(c2)OCCO3)c1. The third kappa shape index (κ3) is 4.33. The highest BCUT2D eigenvalue weighted by Crippen LogP contribution is 2.35. The maximum Gasteiger partial charge on any atom is 0.237 e. The molecule has 0 saturated carbocycles. The minimum absolute atomic E-state index is 0.0326. The van der Waals surface area contributed by atoms with Crippen LogP contribution in [0.1, 0.15) is 24.2 Å². The van der Waals surface area contributed by atoms with E-state index in [0.717, 1.165) is 10.6 Å². The number of thioether (sulfide) groups is 1. The molecule has 1 aliphatic rings. The molecule has 6 heteroatoms. The van der Waals surface area contributed by atoms with Gasteiger partial charge in [-0.1, -0.05) is 12.1 Å². The fraction of sp³-hybridized carbons (Fsp3) is 0.263. The zero-order chi connectivity index (χ0) is 17.8. The van der Waals surface area contributed by atoms with E-state index < -0.39 is 0 Å². The highest BCUT2D eigenvalue weighted by molar-refractivity contribution is 8.00. The number of benzene rings is 2. The highest BCUT2D eigenvalue weighted by atomic mass is 32.2. The van der Waals surface area contributed by atoms with Gasteiger partial charge in [-0.15, -0.1) is 11.8 Å². The molecule has 0 aliphatic carbocycles. The monoisotopic (exact) mass is 357 g/mol. The van der Waals surface area contributed by atoms with Crippen molar-refractivity contribution in [2.75, 3.05) is 18.5 Å². The van der Waals surface area contributed by atoms with E-state index in [1.807, 2.05) is 25.1 Å². The Hall–Kier alpha value is -2.47. The smallest absolute Gasteiger partial charge is 0.237 e. The molecule has 2 aromatic rings. The van der Waals surface area contributed by atoms with Crippen molar-refractivity contribution in [1.82, 2.24) is 0 Å². The minimum Gasteiger partial charge on any atom is -0.486 e. The first-order valence-corrected chi connectivity index (χ1v) is 8.89. The molecule has 25 heavy (non-hydrogen) atoms. The summed E-state index contributed by atoms with van der Waals surface area (Å²) in [7, 11) is 0. The molecule has 0 fully saturated rings. The molecule has 0 spiro atoms. The second kappa shape index (κ2) is 7.61. The molecule has 1 atom stereocenters. The molecule has 130 valence electrons. The predicted octanol–water partition coefficient (Wildman–Crippen LogP) is 3.78. The Labute approximate surface area is 150 Å². The first-order chi connectivity index (χ1) is 12.0. The fourth-order valence-corrected chi connectivity index (χ4v) is 3.31. The first-order valence-electron chi connectivity index (χ1n) is 8.01. The molecule has 1 heterocycles. The first kappa shape index (κ1) is 17.4. The van der Waals surface area contributed by atoms with Crippen LogP contribution in [0.5, 0.6) is 11.5 Å². The van der Waals surface area contributed by atoms with Crippen LogP contribution in [-0.4, -0.2) is 30.2 Å². The molecule has 0 aromatic heterocycles. The number of carbonyl (C=O) groups excluding carboxylic acids is 2. The van der Waals surface area contributed by atoms with Crippen molar-refractivity contribution < 1.29 is 19.1 Å². The van der Waals surface area contributed by atoms with Gasteiger partial charge in [0, 0.05) is 16.1 Å². The van der Waals surface area contributed by atoms with Gasteiger partial charge in [0.2, 0.25) is 5.91 Å². The Morgan fingerprint density at radius 2 is 1.84 bits per heavy atom. The van der Waals surface area contributed by atoms with E-state index >= 15 is 0 Å². The summed E-state index contributed by atoms with van der Waals surface area (Å²) in [6.07, 6.45) is 0. The molecular formula is C19H19NO4S. The Bertz CT molecular complexity index is 806. The number of hydrogen-bond donors (Lipinski definition) is 1. The molecule has 2 aromatic carbocycles. The summed E-state index contributed by atoms with van der Waals surface area (Å²) >= 11 is 1.44. The van der Waals surface area contributed by atoms with Crippen LogP contribution in [0.15, 0.2) is 47.4 Å². The molecule has 5 nitrogen and oxygen atoms in total. The standard InChI is InChI=1S/C19H19NO4S/c1-12(21)14-4-3-5-15(10-14)20-19(22)13(2)25-16-6-7-17-18(11-16)24-9-8-23-17/h3-7,10-11,13H,8-9H2,1-2H3,(H,20,22)/t13-/m0/s1. The van der Waals surface area contributed by atoms with E-state index in [9.17, 15) is 9.59 Å². The second-order valence-corrected chi connectivity index (χ2v) is 7.11. The van der Waals surface area contributed by atoms with Crippen LogP contribution in [0.4, 0.5) is 5.69 Å². The molecule has 1 N–H and O–H groups in total. The summed E-state index contributed by atoms with van der Waals surface area (Å²) in [6, 6.07) is 12.6. The molecule has 1 amide bonds. The third-order valence-corrected chi connectivity index (χ3v) is 4.83. The fourth-order valence-electron chi connectivity index (χ4n) is 2.41. The number of ketones is 1. The van der Waals surface area contributed by atoms with Crippen molar-refractivity contribution in [3.8, 4) is 11.5 Å². The van der Waals surface area contributed by atoms with Crippen LogP contribution in [0.3, 0.4) is 0 Å².